The molecular weight excluding hydrogens is 246 g/mol. The van der Waals surface area contributed by atoms with Gasteiger partial charge in [-0.15, -0.1) is 0 Å². The van der Waals surface area contributed by atoms with Crippen molar-refractivity contribution in [2.24, 2.45) is 5.92 Å². The van der Waals surface area contributed by atoms with Crippen LogP contribution in [-0.4, -0.2) is 22.1 Å². The fourth-order valence-corrected chi connectivity index (χ4v) is 2.64. The molecule has 112 valence electrons. The van der Waals surface area contributed by atoms with E-state index in [1.54, 1.807) is 0 Å². The van der Waals surface area contributed by atoms with E-state index in [9.17, 15) is 0 Å². The molecule has 1 aliphatic carbocycles. The third-order valence-corrected chi connectivity index (χ3v) is 4.25. The first-order chi connectivity index (χ1) is 9.39. The van der Waals surface area contributed by atoms with Crippen molar-refractivity contribution in [3.63, 3.8) is 0 Å². The van der Waals surface area contributed by atoms with Crippen LogP contribution in [0.4, 0.5) is 0 Å². The second-order valence-corrected chi connectivity index (χ2v) is 7.25. The number of aromatic nitrogens is 2. The maximum Gasteiger partial charge on any atom is 0.131 e. The number of aryl methyl sites for hydroxylation is 1. The number of fused-ring (bicyclic) bond motifs is 1. The summed E-state index contributed by atoms with van der Waals surface area (Å²) in [7, 11) is 0. The summed E-state index contributed by atoms with van der Waals surface area (Å²) in [6.07, 6.45) is 6.66. The Labute approximate surface area is 123 Å². The molecule has 0 saturated heterocycles. The molecule has 0 spiro atoms. The fourth-order valence-electron chi connectivity index (χ4n) is 2.64. The van der Waals surface area contributed by atoms with Crippen molar-refractivity contribution in [2.45, 2.75) is 71.8 Å². The summed E-state index contributed by atoms with van der Waals surface area (Å²) in [6, 6.07) is 0. The van der Waals surface area contributed by atoms with Gasteiger partial charge in [-0.1, -0.05) is 13.8 Å². The molecule has 3 heteroatoms. The summed E-state index contributed by atoms with van der Waals surface area (Å²) in [6.45, 7) is 12.2. The quantitative estimate of drug-likeness (QED) is 0.914. The van der Waals surface area contributed by atoms with Crippen molar-refractivity contribution < 1.29 is 0 Å². The normalized spacial score (nSPS) is 20.6. The summed E-state index contributed by atoms with van der Waals surface area (Å²) >= 11 is 0. The van der Waals surface area contributed by atoms with E-state index in [2.05, 4.69) is 51.1 Å². The van der Waals surface area contributed by atoms with Crippen molar-refractivity contribution >= 4 is 0 Å². The summed E-state index contributed by atoms with van der Waals surface area (Å²) in [5.41, 5.74) is 2.86. The van der Waals surface area contributed by atoms with Crippen molar-refractivity contribution in [3.05, 3.63) is 23.3 Å². The second-order valence-electron chi connectivity index (χ2n) is 7.25. The molecule has 0 amide bonds. The summed E-state index contributed by atoms with van der Waals surface area (Å²) in [5, 5.41) is 3.62. The van der Waals surface area contributed by atoms with E-state index in [1.807, 2.05) is 0 Å². The van der Waals surface area contributed by atoms with E-state index in [1.165, 1.54) is 17.7 Å². The number of rotatable bonds is 4. The fraction of sp³-hybridized carbons (Fsp3) is 0.765. The lowest BCUT2D eigenvalue weighted by molar-refractivity contribution is 0.346. The molecule has 1 aromatic rings. The Balaban J connectivity index is 2.01. The minimum Gasteiger partial charge on any atom is -0.312 e. The highest BCUT2D eigenvalue weighted by molar-refractivity contribution is 5.22. The predicted molar refractivity (Wildman–Crippen MR) is 84.0 cm³/mol. The van der Waals surface area contributed by atoms with E-state index in [0.29, 0.717) is 5.92 Å². The van der Waals surface area contributed by atoms with Crippen LogP contribution in [0.25, 0.3) is 0 Å². The molecular formula is C17H29N3. The van der Waals surface area contributed by atoms with Gasteiger partial charge in [0.1, 0.15) is 5.82 Å². The van der Waals surface area contributed by atoms with Crippen molar-refractivity contribution in [2.75, 3.05) is 6.54 Å². The molecule has 20 heavy (non-hydrogen) atoms. The van der Waals surface area contributed by atoms with Crippen LogP contribution in [0, 0.1) is 5.92 Å². The summed E-state index contributed by atoms with van der Waals surface area (Å²) in [5.74, 6) is 2.22. The molecule has 0 saturated carbocycles. The molecule has 2 rings (SSSR count). The Bertz CT molecular complexity index is 448. The van der Waals surface area contributed by atoms with Crippen LogP contribution < -0.4 is 5.32 Å². The molecule has 0 radical (unpaired) electrons. The monoisotopic (exact) mass is 275 g/mol. The largest absolute Gasteiger partial charge is 0.312 e. The first kappa shape index (κ1) is 15.4. The average Bonchev–Trinajstić information content (AvgIpc) is 2.42. The van der Waals surface area contributed by atoms with Gasteiger partial charge in [-0.25, -0.2) is 9.97 Å². The van der Waals surface area contributed by atoms with Gasteiger partial charge < -0.3 is 5.32 Å². The van der Waals surface area contributed by atoms with E-state index < -0.39 is 0 Å². The molecule has 1 N–H and O–H groups in total. The molecule has 2 unspecified atom stereocenters. The molecule has 3 nitrogen and oxygen atoms in total. The smallest absolute Gasteiger partial charge is 0.131 e. The maximum atomic E-state index is 4.80. The number of hydrogen-bond donors (Lipinski definition) is 1. The summed E-state index contributed by atoms with van der Waals surface area (Å²) in [4.78, 5) is 9.37. The van der Waals surface area contributed by atoms with E-state index >= 15 is 0 Å². The van der Waals surface area contributed by atoms with Gasteiger partial charge in [0.05, 0.1) is 0 Å². The Kier molecular flexibility index (Phi) is 4.79. The lowest BCUT2D eigenvalue weighted by Crippen LogP contribution is -2.40. The zero-order chi connectivity index (χ0) is 14.8. The Morgan fingerprint density at radius 1 is 1.40 bits per heavy atom. The van der Waals surface area contributed by atoms with Gasteiger partial charge in [0.15, 0.2) is 0 Å². The minimum atomic E-state index is 0.206. The Hall–Kier alpha value is -0.960. The van der Waals surface area contributed by atoms with E-state index in [0.717, 1.165) is 37.5 Å². The third kappa shape index (κ3) is 4.02. The van der Waals surface area contributed by atoms with Gasteiger partial charge in [-0.3, -0.25) is 0 Å². The molecule has 0 fully saturated rings. The first-order valence-corrected chi connectivity index (χ1v) is 7.98. The van der Waals surface area contributed by atoms with Gasteiger partial charge in [0.2, 0.25) is 0 Å². The first-order valence-electron chi connectivity index (χ1n) is 7.98. The lowest BCUT2D eigenvalue weighted by Gasteiger charge is -2.28. The third-order valence-electron chi connectivity index (χ3n) is 4.25. The molecule has 0 aliphatic heterocycles. The highest BCUT2D eigenvalue weighted by Crippen LogP contribution is 2.25. The second kappa shape index (κ2) is 6.21. The standard InChI is InChI=1S/C17H29N3/c1-6-12(2)16-18-11-14-9-13(7-8-15(14)20-16)10-19-17(3,4)5/h11-13,19H,6-10H2,1-5H3. The Morgan fingerprint density at radius 2 is 2.15 bits per heavy atom. The topological polar surface area (TPSA) is 37.8 Å². The van der Waals surface area contributed by atoms with Gasteiger partial charge in [0, 0.05) is 23.3 Å². The molecule has 1 aromatic heterocycles. The highest BCUT2D eigenvalue weighted by atomic mass is 14.9. The molecule has 2 atom stereocenters. The maximum absolute atomic E-state index is 4.80. The molecule has 1 aliphatic rings. The van der Waals surface area contributed by atoms with Crippen LogP contribution in [0.2, 0.25) is 0 Å². The van der Waals surface area contributed by atoms with Gasteiger partial charge >= 0.3 is 0 Å². The number of nitrogens with one attached hydrogen (secondary N) is 1. The average molecular weight is 275 g/mol. The van der Waals surface area contributed by atoms with Crippen molar-refractivity contribution in [1.29, 1.82) is 0 Å². The van der Waals surface area contributed by atoms with Crippen LogP contribution in [0.1, 0.15) is 70.5 Å². The van der Waals surface area contributed by atoms with Gasteiger partial charge in [-0.2, -0.15) is 0 Å². The van der Waals surface area contributed by atoms with Crippen LogP contribution in [-0.2, 0) is 12.8 Å². The minimum absolute atomic E-state index is 0.206. The zero-order valence-corrected chi connectivity index (χ0v) is 13.7. The Morgan fingerprint density at radius 3 is 2.80 bits per heavy atom. The van der Waals surface area contributed by atoms with Crippen LogP contribution in [0.15, 0.2) is 6.20 Å². The van der Waals surface area contributed by atoms with E-state index in [-0.39, 0.29) is 5.54 Å². The zero-order valence-electron chi connectivity index (χ0n) is 13.7. The molecule has 0 aromatic carbocycles. The van der Waals surface area contributed by atoms with Crippen LogP contribution in [0.3, 0.4) is 0 Å². The lowest BCUT2D eigenvalue weighted by atomic mass is 9.86. The SMILES string of the molecule is CCC(C)c1ncc2c(n1)CCC(CNC(C)(C)C)C2. The van der Waals surface area contributed by atoms with Crippen molar-refractivity contribution in [1.82, 2.24) is 15.3 Å². The highest BCUT2D eigenvalue weighted by Gasteiger charge is 2.22. The number of nitrogens with zero attached hydrogens (tertiary/aromatic N) is 2. The van der Waals surface area contributed by atoms with Crippen LogP contribution >= 0.6 is 0 Å². The summed E-state index contributed by atoms with van der Waals surface area (Å²) < 4.78 is 0. The van der Waals surface area contributed by atoms with Gasteiger partial charge in [0.25, 0.3) is 0 Å². The molecule has 1 heterocycles. The van der Waals surface area contributed by atoms with Crippen molar-refractivity contribution in [3.8, 4) is 0 Å². The van der Waals surface area contributed by atoms with E-state index in [4.69, 9.17) is 4.98 Å². The predicted octanol–water partition coefficient (Wildman–Crippen LogP) is 3.48. The van der Waals surface area contributed by atoms with Crippen LogP contribution in [0.5, 0.6) is 0 Å². The van der Waals surface area contributed by atoms with Gasteiger partial charge in [-0.05, 0) is 64.5 Å². The molecule has 0 bridgehead atoms. The number of hydrogen-bond acceptors (Lipinski definition) is 3.